The van der Waals surface area contributed by atoms with E-state index in [2.05, 4.69) is 4.90 Å². The number of ether oxygens (including phenoxy) is 2. The maximum atomic E-state index is 11.3. The monoisotopic (exact) mass is 295 g/mol. The summed E-state index contributed by atoms with van der Waals surface area (Å²) in [7, 11) is 0. The number of carbonyl (C=O) groups is 2. The topological polar surface area (TPSA) is 76.1 Å². The quantitative estimate of drug-likeness (QED) is 0.580. The molecule has 1 heterocycles. The summed E-state index contributed by atoms with van der Waals surface area (Å²) in [5.41, 5.74) is -1.34. The third-order valence-corrected chi connectivity index (χ3v) is 3.15. The van der Waals surface area contributed by atoms with Gasteiger partial charge in [-0.1, -0.05) is 0 Å². The van der Waals surface area contributed by atoms with Gasteiger partial charge in [0.25, 0.3) is 0 Å². The predicted molar refractivity (Wildman–Crippen MR) is 71.5 cm³/mol. The van der Waals surface area contributed by atoms with Gasteiger partial charge in [0, 0.05) is 46.0 Å². The number of nitrogens with zero attached hydrogens (tertiary/aromatic N) is 1. The summed E-state index contributed by atoms with van der Waals surface area (Å²) in [6.07, 6.45) is 0.655. The maximum Gasteiger partial charge on any atom is 0.348 e. The third kappa shape index (κ3) is 5.34. The van der Waals surface area contributed by atoms with Crippen LogP contribution in [0, 0.1) is 0 Å². The summed E-state index contributed by atoms with van der Waals surface area (Å²) >= 11 is 0. The van der Waals surface area contributed by atoms with Crippen molar-refractivity contribution in [1.29, 1.82) is 0 Å². The lowest BCUT2D eigenvalue weighted by Crippen LogP contribution is -2.52. The van der Waals surface area contributed by atoms with Gasteiger partial charge in [0.05, 0.1) is 6.61 Å². The number of halogens is 1. The van der Waals surface area contributed by atoms with Gasteiger partial charge in [0.15, 0.2) is 0 Å². The molecule has 0 bridgehead atoms. The van der Waals surface area contributed by atoms with Gasteiger partial charge in [0.1, 0.15) is 0 Å². The Hall–Kier alpha value is -0.850. The van der Waals surface area contributed by atoms with Crippen LogP contribution in [0.1, 0.15) is 26.7 Å². The first-order valence-corrected chi connectivity index (χ1v) is 6.23. The molecular formula is C12H22ClNO5. The zero-order valence-electron chi connectivity index (χ0n) is 11.4. The van der Waals surface area contributed by atoms with Crippen molar-refractivity contribution in [2.45, 2.75) is 32.3 Å². The molecular weight excluding hydrogens is 274 g/mol. The summed E-state index contributed by atoms with van der Waals surface area (Å²) < 4.78 is 10.3. The van der Waals surface area contributed by atoms with Crippen molar-refractivity contribution >= 4 is 24.3 Å². The van der Waals surface area contributed by atoms with E-state index in [4.69, 9.17) is 9.47 Å². The maximum absolute atomic E-state index is 11.3. The molecule has 6 nitrogen and oxygen atoms in total. The van der Waals surface area contributed by atoms with E-state index in [1.165, 1.54) is 6.92 Å². The van der Waals surface area contributed by atoms with E-state index in [-0.39, 0.29) is 12.4 Å². The molecule has 1 saturated heterocycles. The van der Waals surface area contributed by atoms with Gasteiger partial charge in [-0.05, 0) is 6.92 Å². The summed E-state index contributed by atoms with van der Waals surface area (Å²) in [5, 5.41) is 9.22. The molecule has 1 aliphatic heterocycles. The van der Waals surface area contributed by atoms with Crippen molar-refractivity contribution < 1.29 is 24.2 Å². The van der Waals surface area contributed by atoms with Gasteiger partial charge < -0.3 is 19.5 Å². The van der Waals surface area contributed by atoms with E-state index in [0.29, 0.717) is 39.1 Å². The highest BCUT2D eigenvalue weighted by atomic mass is 35.5. The summed E-state index contributed by atoms with van der Waals surface area (Å²) in [4.78, 5) is 24.4. The second kappa shape index (κ2) is 8.35. The van der Waals surface area contributed by atoms with Crippen LogP contribution in [0.15, 0.2) is 0 Å². The molecule has 0 radical (unpaired) electrons. The number of carboxylic acid groups (broad SMARTS) is 1. The number of carbonyl (C=O) groups excluding carboxylic acids is 1. The van der Waals surface area contributed by atoms with E-state index < -0.39 is 17.5 Å². The Bertz CT molecular complexity index is 302. The highest BCUT2D eigenvalue weighted by Gasteiger charge is 2.44. The van der Waals surface area contributed by atoms with Crippen LogP contribution >= 0.6 is 12.4 Å². The average Bonchev–Trinajstić information content (AvgIpc) is 2.31. The van der Waals surface area contributed by atoms with Crippen LogP contribution in [0.3, 0.4) is 0 Å². The van der Waals surface area contributed by atoms with Gasteiger partial charge in [-0.25, -0.2) is 4.79 Å². The number of hydrogen-bond acceptors (Lipinski definition) is 5. The van der Waals surface area contributed by atoms with Crippen molar-refractivity contribution in [1.82, 2.24) is 4.90 Å². The van der Waals surface area contributed by atoms with Crippen molar-refractivity contribution in [2.75, 3.05) is 32.8 Å². The van der Waals surface area contributed by atoms with Crippen molar-refractivity contribution in [3.05, 3.63) is 0 Å². The molecule has 0 saturated carbocycles. The highest BCUT2D eigenvalue weighted by Crippen LogP contribution is 2.27. The van der Waals surface area contributed by atoms with E-state index in [1.807, 2.05) is 6.92 Å². The Morgan fingerprint density at radius 3 is 2.32 bits per heavy atom. The number of hydrogen-bond donors (Lipinski definition) is 1. The van der Waals surface area contributed by atoms with E-state index in [1.54, 1.807) is 0 Å². The fraction of sp³-hybridized carbons (Fsp3) is 0.833. The van der Waals surface area contributed by atoms with E-state index >= 15 is 0 Å². The zero-order valence-corrected chi connectivity index (χ0v) is 12.2. The summed E-state index contributed by atoms with van der Waals surface area (Å²) in [6, 6.07) is 0. The number of carboxylic acids is 1. The number of rotatable bonds is 6. The molecule has 0 aromatic carbocycles. The lowest BCUT2D eigenvalue weighted by atomic mass is 9.91. The molecule has 19 heavy (non-hydrogen) atoms. The fourth-order valence-corrected chi connectivity index (χ4v) is 2.11. The first-order chi connectivity index (χ1) is 8.50. The van der Waals surface area contributed by atoms with Crippen LogP contribution in [0.5, 0.6) is 0 Å². The molecule has 0 unspecified atom stereocenters. The molecule has 1 rings (SSSR count). The van der Waals surface area contributed by atoms with Gasteiger partial charge in [-0.2, -0.15) is 0 Å². The lowest BCUT2D eigenvalue weighted by Gasteiger charge is -2.37. The molecule has 112 valence electrons. The van der Waals surface area contributed by atoms with E-state index in [9.17, 15) is 14.7 Å². The molecule has 0 aliphatic carbocycles. The minimum atomic E-state index is -1.34. The Morgan fingerprint density at radius 1 is 1.32 bits per heavy atom. The van der Waals surface area contributed by atoms with Gasteiger partial charge in [-0.3, -0.25) is 4.79 Å². The van der Waals surface area contributed by atoms with Crippen LogP contribution in [-0.2, 0) is 19.1 Å². The molecule has 7 heteroatoms. The van der Waals surface area contributed by atoms with Gasteiger partial charge in [-0.15, -0.1) is 12.4 Å². The van der Waals surface area contributed by atoms with E-state index in [0.717, 1.165) is 6.54 Å². The fourth-order valence-electron chi connectivity index (χ4n) is 2.11. The largest absolute Gasteiger partial charge is 0.478 e. The SMILES string of the molecule is CCOCCN1CCC(OC(C)=O)(C(=O)O)CC1.Cl. The first-order valence-electron chi connectivity index (χ1n) is 6.23. The molecule has 1 fully saturated rings. The van der Waals surface area contributed by atoms with Crippen LogP contribution in [-0.4, -0.2) is 60.4 Å². The smallest absolute Gasteiger partial charge is 0.348 e. The van der Waals surface area contributed by atoms with Crippen LogP contribution in [0.2, 0.25) is 0 Å². The molecule has 0 aromatic rings. The molecule has 0 spiro atoms. The summed E-state index contributed by atoms with van der Waals surface area (Å²) in [5.74, 6) is -1.60. The van der Waals surface area contributed by atoms with Gasteiger partial charge in [0.2, 0.25) is 5.60 Å². The third-order valence-electron chi connectivity index (χ3n) is 3.15. The number of likely N-dealkylation sites (tertiary alicyclic amines) is 1. The predicted octanol–water partition coefficient (Wildman–Crippen LogP) is 0.927. The Morgan fingerprint density at radius 2 is 1.89 bits per heavy atom. The molecule has 1 aliphatic rings. The Labute approximate surface area is 119 Å². The number of piperidine rings is 1. The lowest BCUT2D eigenvalue weighted by molar-refractivity contribution is -0.183. The number of esters is 1. The molecule has 0 atom stereocenters. The Balaban J connectivity index is 0.00000324. The van der Waals surface area contributed by atoms with Crippen molar-refractivity contribution in [3.8, 4) is 0 Å². The van der Waals surface area contributed by atoms with Crippen molar-refractivity contribution in [2.24, 2.45) is 0 Å². The minimum absolute atomic E-state index is 0. The zero-order chi connectivity index (χ0) is 13.6. The Kier molecular flexibility index (Phi) is 7.97. The first kappa shape index (κ1) is 18.1. The van der Waals surface area contributed by atoms with Crippen LogP contribution in [0.4, 0.5) is 0 Å². The summed E-state index contributed by atoms with van der Waals surface area (Å²) in [6.45, 7) is 6.49. The minimum Gasteiger partial charge on any atom is -0.478 e. The van der Waals surface area contributed by atoms with Gasteiger partial charge >= 0.3 is 11.9 Å². The standard InChI is InChI=1S/C12H21NO5.ClH/c1-3-17-9-8-13-6-4-12(5-7-13,11(15)16)18-10(2)14;/h3-9H2,1-2H3,(H,15,16);1H. The number of aliphatic carboxylic acids is 1. The average molecular weight is 296 g/mol. The molecule has 0 amide bonds. The highest BCUT2D eigenvalue weighted by molar-refractivity contribution is 5.85. The second-order valence-corrected chi connectivity index (χ2v) is 4.43. The molecule has 1 N–H and O–H groups in total. The second-order valence-electron chi connectivity index (χ2n) is 4.43. The van der Waals surface area contributed by atoms with Crippen LogP contribution < -0.4 is 0 Å². The normalized spacial score (nSPS) is 18.4. The van der Waals surface area contributed by atoms with Crippen LogP contribution in [0.25, 0.3) is 0 Å². The molecule has 0 aromatic heterocycles. The van der Waals surface area contributed by atoms with Crippen molar-refractivity contribution in [3.63, 3.8) is 0 Å².